The third-order valence-corrected chi connectivity index (χ3v) is 4.86. The second-order valence-corrected chi connectivity index (χ2v) is 6.28. The van der Waals surface area contributed by atoms with Gasteiger partial charge in [-0.1, -0.05) is 11.6 Å². The van der Waals surface area contributed by atoms with E-state index in [2.05, 4.69) is 10.4 Å². The lowest BCUT2D eigenvalue weighted by Crippen LogP contribution is -2.35. The molecule has 0 saturated heterocycles. The largest absolute Gasteiger partial charge is 0.307 e. The Bertz CT molecular complexity index is 598. The number of hydrazine groups is 1. The average molecular weight is 304 g/mol. The first-order valence-corrected chi connectivity index (χ1v) is 7.13. The highest BCUT2D eigenvalue weighted by Crippen LogP contribution is 2.24. The molecule has 19 heavy (non-hydrogen) atoms. The van der Waals surface area contributed by atoms with E-state index in [0.29, 0.717) is 0 Å². The van der Waals surface area contributed by atoms with Crippen LogP contribution in [0.15, 0.2) is 17.2 Å². The van der Waals surface area contributed by atoms with E-state index in [1.54, 1.807) is 6.92 Å². The van der Waals surface area contributed by atoms with Gasteiger partial charge < -0.3 is 5.43 Å². The number of aromatic nitrogens is 1. The number of hydrogen-bond donors (Lipinski definition) is 2. The summed E-state index contributed by atoms with van der Waals surface area (Å²) >= 11 is 5.84. The summed E-state index contributed by atoms with van der Waals surface area (Å²) in [4.78, 5) is 3.76. The highest BCUT2D eigenvalue weighted by molar-refractivity contribution is 7.89. The predicted octanol–water partition coefficient (Wildman–Crippen LogP) is 0.943. The lowest BCUT2D eigenvalue weighted by Gasteiger charge is -2.22. The maximum Gasteiger partial charge on any atom is 0.244 e. The maximum absolute atomic E-state index is 12.3. The standard InChI is InChI=1S/C10H14ClN5O2S/c1-7(3-4-12)16(2)19(17,18)8-5-9(11)10(15-13)14-6-8/h5-7H,3,13H2,1-2H3,(H,14,15). The fourth-order valence-electron chi connectivity index (χ4n) is 1.33. The van der Waals surface area contributed by atoms with Gasteiger partial charge in [0.2, 0.25) is 10.0 Å². The number of pyridine rings is 1. The van der Waals surface area contributed by atoms with Crippen LogP contribution in [0.3, 0.4) is 0 Å². The molecule has 0 amide bonds. The van der Waals surface area contributed by atoms with Crippen LogP contribution >= 0.6 is 11.6 Å². The zero-order chi connectivity index (χ0) is 14.6. The summed E-state index contributed by atoms with van der Waals surface area (Å²) in [5.74, 6) is 5.35. The molecule has 1 aromatic heterocycles. The number of nitrogens with one attached hydrogen (secondary N) is 1. The van der Waals surface area contributed by atoms with Crippen LogP contribution in [0.1, 0.15) is 13.3 Å². The van der Waals surface area contributed by atoms with Crippen molar-refractivity contribution in [3.8, 4) is 6.07 Å². The molecule has 0 aliphatic rings. The van der Waals surface area contributed by atoms with E-state index < -0.39 is 16.1 Å². The van der Waals surface area contributed by atoms with Crippen molar-refractivity contribution >= 4 is 27.4 Å². The minimum Gasteiger partial charge on any atom is -0.307 e. The molecule has 3 N–H and O–H groups in total. The summed E-state index contributed by atoms with van der Waals surface area (Å²) < 4.78 is 25.6. The Kier molecular flexibility index (Phi) is 5.08. The molecule has 0 saturated carbocycles. The topological polar surface area (TPSA) is 112 Å². The van der Waals surface area contributed by atoms with Crippen LogP contribution in [0.2, 0.25) is 5.02 Å². The fourth-order valence-corrected chi connectivity index (χ4v) is 2.95. The van der Waals surface area contributed by atoms with Crippen molar-refractivity contribution in [3.05, 3.63) is 17.3 Å². The van der Waals surface area contributed by atoms with Crippen LogP contribution in [-0.4, -0.2) is 30.8 Å². The minimum atomic E-state index is -3.74. The van der Waals surface area contributed by atoms with E-state index in [1.165, 1.54) is 13.1 Å². The molecular formula is C10H14ClN5O2S. The number of halogens is 1. The van der Waals surface area contributed by atoms with Gasteiger partial charge in [-0.25, -0.2) is 19.2 Å². The molecule has 9 heteroatoms. The Morgan fingerprint density at radius 2 is 2.32 bits per heavy atom. The molecule has 0 aliphatic carbocycles. The lowest BCUT2D eigenvalue weighted by atomic mass is 10.3. The van der Waals surface area contributed by atoms with Gasteiger partial charge in [0.25, 0.3) is 0 Å². The Morgan fingerprint density at radius 1 is 1.68 bits per heavy atom. The van der Waals surface area contributed by atoms with Crippen molar-refractivity contribution in [1.82, 2.24) is 9.29 Å². The highest BCUT2D eigenvalue weighted by Gasteiger charge is 2.26. The number of hydrogen-bond acceptors (Lipinski definition) is 6. The number of nitrogens with zero attached hydrogens (tertiary/aromatic N) is 3. The van der Waals surface area contributed by atoms with Crippen molar-refractivity contribution in [1.29, 1.82) is 5.26 Å². The van der Waals surface area contributed by atoms with Crippen molar-refractivity contribution in [2.75, 3.05) is 12.5 Å². The SMILES string of the molecule is CC(CC#N)N(C)S(=O)(=O)c1cnc(NN)c(Cl)c1. The molecule has 1 heterocycles. The van der Waals surface area contributed by atoms with Gasteiger partial charge in [-0.2, -0.15) is 9.57 Å². The van der Waals surface area contributed by atoms with Gasteiger partial charge in [0.1, 0.15) is 4.90 Å². The van der Waals surface area contributed by atoms with Crippen LogP contribution in [0.25, 0.3) is 0 Å². The summed E-state index contributed by atoms with van der Waals surface area (Å²) in [7, 11) is -2.34. The monoisotopic (exact) mass is 303 g/mol. The zero-order valence-corrected chi connectivity index (χ0v) is 12.0. The number of rotatable bonds is 5. The number of nitrogens with two attached hydrogens (primary N) is 1. The molecule has 1 rings (SSSR count). The number of nitrogen functional groups attached to an aromatic ring is 1. The highest BCUT2D eigenvalue weighted by atomic mass is 35.5. The molecule has 7 nitrogen and oxygen atoms in total. The van der Waals surface area contributed by atoms with E-state index in [9.17, 15) is 8.42 Å². The molecule has 1 aromatic rings. The van der Waals surface area contributed by atoms with Gasteiger partial charge in [0.05, 0.1) is 17.5 Å². The molecule has 0 radical (unpaired) electrons. The van der Waals surface area contributed by atoms with Gasteiger partial charge in [0.15, 0.2) is 5.82 Å². The normalized spacial score (nSPS) is 13.1. The van der Waals surface area contributed by atoms with Gasteiger partial charge >= 0.3 is 0 Å². The third kappa shape index (κ3) is 3.33. The Hall–Kier alpha value is -1.40. The van der Waals surface area contributed by atoms with E-state index in [1.807, 2.05) is 6.07 Å². The van der Waals surface area contributed by atoms with Gasteiger partial charge in [0, 0.05) is 19.3 Å². The van der Waals surface area contributed by atoms with E-state index in [-0.39, 0.29) is 22.2 Å². The third-order valence-electron chi connectivity index (χ3n) is 2.64. The van der Waals surface area contributed by atoms with Crippen LogP contribution in [0.4, 0.5) is 5.82 Å². The van der Waals surface area contributed by atoms with Crippen molar-refractivity contribution < 1.29 is 8.42 Å². The van der Waals surface area contributed by atoms with Crippen molar-refractivity contribution in [2.24, 2.45) is 5.84 Å². The van der Waals surface area contributed by atoms with E-state index >= 15 is 0 Å². The summed E-state index contributed by atoms with van der Waals surface area (Å²) in [6.07, 6.45) is 1.26. The fraction of sp³-hybridized carbons (Fsp3) is 0.400. The Morgan fingerprint density at radius 3 is 2.79 bits per heavy atom. The first-order chi connectivity index (χ1) is 8.84. The lowest BCUT2D eigenvalue weighted by molar-refractivity contribution is 0.393. The quantitative estimate of drug-likeness (QED) is 0.618. The van der Waals surface area contributed by atoms with Crippen LogP contribution < -0.4 is 11.3 Å². The summed E-state index contributed by atoms with van der Waals surface area (Å²) in [5, 5.41) is 8.71. The molecular weight excluding hydrogens is 290 g/mol. The Labute approximate surface area is 117 Å². The van der Waals surface area contributed by atoms with E-state index in [0.717, 1.165) is 10.5 Å². The first-order valence-electron chi connectivity index (χ1n) is 5.31. The molecule has 0 bridgehead atoms. The zero-order valence-electron chi connectivity index (χ0n) is 10.5. The minimum absolute atomic E-state index is 0.0520. The van der Waals surface area contributed by atoms with Gasteiger partial charge in [-0.15, -0.1) is 0 Å². The average Bonchev–Trinajstić information content (AvgIpc) is 2.37. The van der Waals surface area contributed by atoms with Crippen LogP contribution in [0, 0.1) is 11.3 Å². The predicted molar refractivity (Wildman–Crippen MR) is 71.7 cm³/mol. The molecule has 0 spiro atoms. The Balaban J connectivity index is 3.14. The second-order valence-electron chi connectivity index (χ2n) is 3.88. The van der Waals surface area contributed by atoms with Crippen LogP contribution in [-0.2, 0) is 10.0 Å². The van der Waals surface area contributed by atoms with Crippen molar-refractivity contribution in [2.45, 2.75) is 24.3 Å². The van der Waals surface area contributed by atoms with E-state index in [4.69, 9.17) is 22.7 Å². The second kappa shape index (κ2) is 6.16. The first kappa shape index (κ1) is 15.7. The molecule has 0 aromatic carbocycles. The summed E-state index contributed by atoms with van der Waals surface area (Å²) in [6.45, 7) is 1.64. The smallest absolute Gasteiger partial charge is 0.244 e. The summed E-state index contributed by atoms with van der Waals surface area (Å²) in [5.41, 5.74) is 2.25. The van der Waals surface area contributed by atoms with Crippen molar-refractivity contribution in [3.63, 3.8) is 0 Å². The van der Waals surface area contributed by atoms with Gasteiger partial charge in [-0.05, 0) is 13.0 Å². The number of nitriles is 1. The van der Waals surface area contributed by atoms with Crippen LogP contribution in [0.5, 0.6) is 0 Å². The maximum atomic E-state index is 12.3. The molecule has 0 fully saturated rings. The molecule has 0 aliphatic heterocycles. The molecule has 1 atom stereocenters. The number of anilines is 1. The van der Waals surface area contributed by atoms with Gasteiger partial charge in [-0.3, -0.25) is 0 Å². The molecule has 104 valence electrons. The molecule has 1 unspecified atom stereocenters. The summed E-state index contributed by atoms with van der Waals surface area (Å²) in [6, 6.07) is 2.74. The number of sulfonamides is 1.